The molecule has 2 fully saturated rings. The van der Waals surface area contributed by atoms with E-state index in [-0.39, 0.29) is 17.4 Å². The lowest BCUT2D eigenvalue weighted by Crippen LogP contribution is -2.62. The van der Waals surface area contributed by atoms with Gasteiger partial charge in [-0.15, -0.1) is 0 Å². The fourth-order valence-corrected chi connectivity index (χ4v) is 4.52. The Kier molecular flexibility index (Phi) is 5.25. The largest absolute Gasteiger partial charge is 0.346 e. The van der Waals surface area contributed by atoms with Crippen molar-refractivity contribution in [3.05, 3.63) is 22.4 Å². The van der Waals surface area contributed by atoms with Gasteiger partial charge in [-0.3, -0.25) is 14.5 Å². The van der Waals surface area contributed by atoms with Crippen LogP contribution in [-0.2, 0) is 16.0 Å². The van der Waals surface area contributed by atoms with Gasteiger partial charge < -0.3 is 9.80 Å². The molecule has 5 nitrogen and oxygen atoms in total. The normalized spacial score (nSPS) is 26.0. The monoisotopic (exact) mass is 349 g/mol. The highest BCUT2D eigenvalue weighted by Crippen LogP contribution is 2.32. The fraction of sp³-hybridized carbons (Fsp3) is 0.667. The second-order valence-corrected chi connectivity index (χ2v) is 7.94. The molecular formula is C18H27N3O2S. The Morgan fingerprint density at radius 2 is 2.08 bits per heavy atom. The maximum atomic E-state index is 12.7. The molecule has 0 N–H and O–H groups in total. The van der Waals surface area contributed by atoms with Crippen molar-refractivity contribution in [3.63, 3.8) is 0 Å². The predicted molar refractivity (Wildman–Crippen MR) is 96.1 cm³/mol. The molecule has 1 aromatic heterocycles. The SMILES string of the molecule is CN1CC[C@@]2(CCC1=O)CN(C(=O)CCc1ccsc1)CCN2C. The summed E-state index contributed by atoms with van der Waals surface area (Å²) in [5, 5.41) is 4.18. The first-order valence-electron chi connectivity index (χ1n) is 8.74. The number of thiophene rings is 1. The minimum atomic E-state index is -0.0449. The van der Waals surface area contributed by atoms with Gasteiger partial charge in [-0.2, -0.15) is 11.3 Å². The molecular weight excluding hydrogens is 322 g/mol. The van der Waals surface area contributed by atoms with E-state index < -0.39 is 0 Å². The molecule has 0 unspecified atom stereocenters. The van der Waals surface area contributed by atoms with Gasteiger partial charge in [-0.1, -0.05) is 0 Å². The number of hydrogen-bond donors (Lipinski definition) is 0. The summed E-state index contributed by atoms with van der Waals surface area (Å²) >= 11 is 1.68. The molecule has 2 saturated heterocycles. The Labute approximate surface area is 148 Å². The van der Waals surface area contributed by atoms with Gasteiger partial charge in [0, 0.05) is 51.6 Å². The second-order valence-electron chi connectivity index (χ2n) is 7.16. The van der Waals surface area contributed by atoms with Crippen LogP contribution in [0.5, 0.6) is 0 Å². The highest BCUT2D eigenvalue weighted by atomic mass is 32.1. The maximum Gasteiger partial charge on any atom is 0.223 e. The summed E-state index contributed by atoms with van der Waals surface area (Å²) in [6.07, 6.45) is 3.77. The maximum absolute atomic E-state index is 12.7. The average Bonchev–Trinajstić information content (AvgIpc) is 3.06. The van der Waals surface area contributed by atoms with Crippen LogP contribution in [0.3, 0.4) is 0 Å². The zero-order chi connectivity index (χ0) is 17.2. The Balaban J connectivity index is 1.64. The van der Waals surface area contributed by atoms with Crippen molar-refractivity contribution >= 4 is 23.2 Å². The van der Waals surface area contributed by atoms with E-state index in [2.05, 4.69) is 28.8 Å². The summed E-state index contributed by atoms with van der Waals surface area (Å²) < 4.78 is 0. The zero-order valence-corrected chi connectivity index (χ0v) is 15.5. The fourth-order valence-electron chi connectivity index (χ4n) is 3.82. The van der Waals surface area contributed by atoms with E-state index in [1.54, 1.807) is 11.3 Å². The van der Waals surface area contributed by atoms with Crippen molar-refractivity contribution in [2.24, 2.45) is 0 Å². The van der Waals surface area contributed by atoms with E-state index in [9.17, 15) is 9.59 Å². The minimum Gasteiger partial charge on any atom is -0.346 e. The van der Waals surface area contributed by atoms with Crippen LogP contribution < -0.4 is 0 Å². The molecule has 6 heteroatoms. The summed E-state index contributed by atoms with van der Waals surface area (Å²) in [6.45, 7) is 3.22. The van der Waals surface area contributed by atoms with E-state index in [0.717, 1.165) is 45.4 Å². The van der Waals surface area contributed by atoms with Crippen molar-refractivity contribution in [2.75, 3.05) is 40.3 Å². The van der Waals surface area contributed by atoms with Gasteiger partial charge in [-0.25, -0.2) is 0 Å². The molecule has 1 spiro atoms. The molecule has 0 bridgehead atoms. The highest BCUT2D eigenvalue weighted by Gasteiger charge is 2.42. The van der Waals surface area contributed by atoms with Crippen LogP contribution in [0.1, 0.15) is 31.2 Å². The quantitative estimate of drug-likeness (QED) is 0.836. The molecule has 0 saturated carbocycles. The molecule has 1 atom stereocenters. The number of nitrogens with zero attached hydrogens (tertiary/aromatic N) is 3. The number of carbonyl (C=O) groups is 2. The molecule has 132 valence electrons. The highest BCUT2D eigenvalue weighted by molar-refractivity contribution is 7.07. The minimum absolute atomic E-state index is 0.0449. The first-order chi connectivity index (χ1) is 11.5. The lowest BCUT2D eigenvalue weighted by molar-refractivity contribution is -0.136. The van der Waals surface area contributed by atoms with E-state index in [4.69, 9.17) is 0 Å². The molecule has 1 aromatic rings. The van der Waals surface area contributed by atoms with Crippen LogP contribution in [0.15, 0.2) is 16.8 Å². The Morgan fingerprint density at radius 1 is 1.25 bits per heavy atom. The standard InChI is InChI=1S/C18H27N3O2S/c1-19-9-8-18(7-5-16(19)22)14-21(11-10-20(18)2)17(23)4-3-15-6-12-24-13-15/h6,12-13H,3-5,7-11,14H2,1-2H3/t18-/m0/s1. The van der Waals surface area contributed by atoms with Crippen LogP contribution in [-0.4, -0.2) is 72.3 Å². The molecule has 0 aromatic carbocycles. The molecule has 24 heavy (non-hydrogen) atoms. The van der Waals surface area contributed by atoms with Crippen LogP contribution in [0.4, 0.5) is 0 Å². The number of likely N-dealkylation sites (tertiary alicyclic amines) is 1. The van der Waals surface area contributed by atoms with Crippen LogP contribution in [0.2, 0.25) is 0 Å². The summed E-state index contributed by atoms with van der Waals surface area (Å²) in [5.74, 6) is 0.471. The Hall–Kier alpha value is -1.40. The first kappa shape index (κ1) is 17.4. The number of hydrogen-bond acceptors (Lipinski definition) is 4. The molecule has 2 amide bonds. The lowest BCUT2D eigenvalue weighted by atomic mass is 9.86. The molecule has 0 aliphatic carbocycles. The summed E-state index contributed by atoms with van der Waals surface area (Å²) in [6, 6.07) is 2.09. The third kappa shape index (κ3) is 3.64. The molecule has 0 radical (unpaired) electrons. The van der Waals surface area contributed by atoms with Gasteiger partial charge >= 0.3 is 0 Å². The van der Waals surface area contributed by atoms with E-state index in [1.807, 2.05) is 16.8 Å². The average molecular weight is 350 g/mol. The van der Waals surface area contributed by atoms with Crippen molar-refractivity contribution < 1.29 is 9.59 Å². The number of carbonyl (C=O) groups excluding carboxylic acids is 2. The Bertz CT molecular complexity index is 589. The number of likely N-dealkylation sites (N-methyl/N-ethyl adjacent to an activating group) is 1. The van der Waals surface area contributed by atoms with Crippen molar-refractivity contribution in [1.29, 1.82) is 0 Å². The molecule has 3 heterocycles. The third-order valence-corrected chi connectivity index (χ3v) is 6.44. The second kappa shape index (κ2) is 7.23. The van der Waals surface area contributed by atoms with Gasteiger partial charge in [-0.05, 0) is 48.7 Å². The lowest BCUT2D eigenvalue weighted by Gasteiger charge is -2.49. The van der Waals surface area contributed by atoms with E-state index >= 15 is 0 Å². The van der Waals surface area contributed by atoms with Crippen molar-refractivity contribution in [1.82, 2.24) is 14.7 Å². The third-order valence-electron chi connectivity index (χ3n) is 5.70. The first-order valence-corrected chi connectivity index (χ1v) is 9.68. The topological polar surface area (TPSA) is 43.9 Å². The Morgan fingerprint density at radius 3 is 2.83 bits per heavy atom. The van der Waals surface area contributed by atoms with Gasteiger partial charge in [0.15, 0.2) is 0 Å². The number of amides is 2. The summed E-state index contributed by atoms with van der Waals surface area (Å²) in [7, 11) is 4.02. The predicted octanol–water partition coefficient (Wildman–Crippen LogP) is 1.84. The smallest absolute Gasteiger partial charge is 0.223 e. The molecule has 3 rings (SSSR count). The van der Waals surface area contributed by atoms with Crippen LogP contribution in [0.25, 0.3) is 0 Å². The molecule has 2 aliphatic rings. The summed E-state index contributed by atoms with van der Waals surface area (Å²) in [4.78, 5) is 30.9. The van der Waals surface area contributed by atoms with Crippen molar-refractivity contribution in [2.45, 2.75) is 37.6 Å². The van der Waals surface area contributed by atoms with Crippen LogP contribution >= 0.6 is 11.3 Å². The van der Waals surface area contributed by atoms with Gasteiger partial charge in [0.25, 0.3) is 0 Å². The molecule has 2 aliphatic heterocycles. The van der Waals surface area contributed by atoms with Gasteiger partial charge in [0.1, 0.15) is 0 Å². The van der Waals surface area contributed by atoms with Crippen LogP contribution in [0, 0.1) is 0 Å². The number of piperazine rings is 1. The van der Waals surface area contributed by atoms with Gasteiger partial charge in [0.05, 0.1) is 0 Å². The zero-order valence-electron chi connectivity index (χ0n) is 14.7. The van der Waals surface area contributed by atoms with E-state index in [1.165, 1.54) is 5.56 Å². The number of rotatable bonds is 3. The van der Waals surface area contributed by atoms with Crippen molar-refractivity contribution in [3.8, 4) is 0 Å². The van der Waals surface area contributed by atoms with Gasteiger partial charge in [0.2, 0.25) is 11.8 Å². The number of aryl methyl sites for hydroxylation is 1. The summed E-state index contributed by atoms with van der Waals surface area (Å²) in [5.41, 5.74) is 1.20. The van der Waals surface area contributed by atoms with E-state index in [0.29, 0.717) is 12.8 Å².